The average Bonchev–Trinajstić information content (AvgIpc) is 3.36. The van der Waals surface area contributed by atoms with E-state index in [9.17, 15) is 8.78 Å². The molecule has 2 aromatic heterocycles. The summed E-state index contributed by atoms with van der Waals surface area (Å²) in [6, 6.07) is 13.0. The van der Waals surface area contributed by atoms with Crippen molar-refractivity contribution in [3.63, 3.8) is 0 Å². The van der Waals surface area contributed by atoms with Crippen LogP contribution in [-0.4, -0.2) is 37.0 Å². The fraction of sp³-hybridized carbons (Fsp3) is 0.118. The number of ether oxygens (including phenoxy) is 1. The predicted octanol–water partition coefficient (Wildman–Crippen LogP) is 4.26. The highest BCUT2D eigenvalue weighted by Crippen LogP contribution is 2.26. The van der Waals surface area contributed by atoms with Crippen molar-refractivity contribution in [1.29, 1.82) is 0 Å². The second-order valence-corrected chi connectivity index (χ2v) is 6.91. The molecule has 0 fully saturated rings. The lowest BCUT2D eigenvalue weighted by Gasteiger charge is -2.06. The maximum absolute atomic E-state index is 12.3. The smallest absolute Gasteiger partial charge is 0.387 e. The van der Waals surface area contributed by atoms with Crippen molar-refractivity contribution >= 4 is 23.4 Å². The molecule has 0 saturated carbocycles. The van der Waals surface area contributed by atoms with E-state index in [1.807, 2.05) is 0 Å². The van der Waals surface area contributed by atoms with Crippen LogP contribution in [0.4, 0.5) is 8.78 Å². The van der Waals surface area contributed by atoms with Crippen LogP contribution in [0.3, 0.4) is 0 Å². The first kappa shape index (κ1) is 19.3. The minimum atomic E-state index is -2.88. The van der Waals surface area contributed by atoms with Crippen LogP contribution in [0.2, 0.25) is 5.02 Å². The van der Waals surface area contributed by atoms with Gasteiger partial charge in [0, 0.05) is 10.6 Å². The molecule has 4 aromatic rings. The Labute approximate surface area is 171 Å². The van der Waals surface area contributed by atoms with E-state index in [1.165, 1.54) is 28.6 Å². The molecule has 8 nitrogen and oxygen atoms in total. The maximum Gasteiger partial charge on any atom is 0.387 e. The first-order chi connectivity index (χ1) is 14.1. The fourth-order valence-electron chi connectivity index (χ4n) is 2.37. The van der Waals surface area contributed by atoms with Crippen molar-refractivity contribution in [3.8, 4) is 22.9 Å². The summed E-state index contributed by atoms with van der Waals surface area (Å²) in [6.45, 7) is -2.88. The van der Waals surface area contributed by atoms with E-state index in [-0.39, 0.29) is 5.75 Å². The highest BCUT2D eigenvalue weighted by atomic mass is 35.5. The van der Waals surface area contributed by atoms with Crippen LogP contribution in [0, 0.1) is 0 Å². The third-order valence-corrected chi connectivity index (χ3v) is 4.73. The molecule has 0 aliphatic heterocycles. The first-order valence-electron chi connectivity index (χ1n) is 8.13. The molecule has 2 heterocycles. The van der Waals surface area contributed by atoms with Gasteiger partial charge >= 0.3 is 6.61 Å². The maximum atomic E-state index is 12.3. The Hall–Kier alpha value is -3.05. The summed E-state index contributed by atoms with van der Waals surface area (Å²) in [6.07, 6.45) is 0. The second kappa shape index (κ2) is 8.53. The number of thioether (sulfide) groups is 1. The summed E-state index contributed by atoms with van der Waals surface area (Å²) in [5.41, 5.74) is 1.35. The lowest BCUT2D eigenvalue weighted by molar-refractivity contribution is -0.0498. The van der Waals surface area contributed by atoms with Crippen LogP contribution < -0.4 is 4.74 Å². The highest BCUT2D eigenvalue weighted by molar-refractivity contribution is 7.98. The van der Waals surface area contributed by atoms with Crippen LogP contribution in [0.25, 0.3) is 17.1 Å². The number of tetrazole rings is 1. The largest absolute Gasteiger partial charge is 0.435 e. The number of benzene rings is 2. The van der Waals surface area contributed by atoms with Gasteiger partial charge in [0.05, 0.1) is 11.4 Å². The first-order valence-corrected chi connectivity index (χ1v) is 9.49. The number of alkyl halides is 2. The van der Waals surface area contributed by atoms with Crippen molar-refractivity contribution in [2.45, 2.75) is 17.6 Å². The lowest BCUT2D eigenvalue weighted by Crippen LogP contribution is -2.04. The Morgan fingerprint density at radius 2 is 1.79 bits per heavy atom. The second-order valence-electron chi connectivity index (χ2n) is 5.55. The average molecular weight is 437 g/mol. The van der Waals surface area contributed by atoms with Gasteiger partial charge < -0.3 is 9.15 Å². The normalized spacial score (nSPS) is 11.2. The Kier molecular flexibility index (Phi) is 5.67. The van der Waals surface area contributed by atoms with E-state index >= 15 is 0 Å². The number of hydrogen-bond acceptors (Lipinski definition) is 8. The number of nitrogens with zero attached hydrogens (tertiary/aromatic N) is 6. The number of aromatic nitrogens is 6. The van der Waals surface area contributed by atoms with Gasteiger partial charge in [-0.05, 0) is 59.0 Å². The fourth-order valence-corrected chi connectivity index (χ4v) is 3.16. The van der Waals surface area contributed by atoms with E-state index < -0.39 is 6.61 Å². The van der Waals surface area contributed by atoms with Gasteiger partial charge in [0.15, 0.2) is 5.82 Å². The predicted molar refractivity (Wildman–Crippen MR) is 100 cm³/mol. The van der Waals surface area contributed by atoms with Crippen LogP contribution in [0.5, 0.6) is 5.75 Å². The summed E-state index contributed by atoms with van der Waals surface area (Å²) in [5.74, 6) is 1.29. The SMILES string of the molecule is FC(F)Oc1ccc(-n2nnnc2CSc2nnc(-c3ccc(Cl)cc3)o2)cc1. The minimum Gasteiger partial charge on any atom is -0.435 e. The molecule has 0 spiro atoms. The van der Waals surface area contributed by atoms with Crippen molar-refractivity contribution in [3.05, 3.63) is 59.4 Å². The molecular weight excluding hydrogens is 426 g/mol. The molecule has 0 atom stereocenters. The van der Waals surface area contributed by atoms with Crippen LogP contribution in [-0.2, 0) is 5.75 Å². The Bertz CT molecular complexity index is 1090. The third kappa shape index (κ3) is 4.69. The molecule has 0 bridgehead atoms. The summed E-state index contributed by atoms with van der Waals surface area (Å²) in [7, 11) is 0. The number of halogens is 3. The zero-order chi connectivity index (χ0) is 20.2. The summed E-state index contributed by atoms with van der Waals surface area (Å²) in [4.78, 5) is 0. The summed E-state index contributed by atoms with van der Waals surface area (Å²) >= 11 is 7.14. The Morgan fingerprint density at radius 1 is 1.03 bits per heavy atom. The molecule has 0 aliphatic carbocycles. The van der Waals surface area contributed by atoms with Crippen LogP contribution in [0.1, 0.15) is 5.82 Å². The topological polar surface area (TPSA) is 91.8 Å². The summed E-state index contributed by atoms with van der Waals surface area (Å²) < 4.78 is 36.0. The van der Waals surface area contributed by atoms with Gasteiger partial charge in [0.2, 0.25) is 5.89 Å². The van der Waals surface area contributed by atoms with Crippen molar-refractivity contribution in [2.75, 3.05) is 0 Å². The number of rotatable bonds is 7. The van der Waals surface area contributed by atoms with Gasteiger partial charge in [0.25, 0.3) is 5.22 Å². The minimum absolute atomic E-state index is 0.0494. The van der Waals surface area contributed by atoms with Crippen molar-refractivity contribution < 1.29 is 17.9 Å². The number of hydrogen-bond donors (Lipinski definition) is 0. The third-order valence-electron chi connectivity index (χ3n) is 3.66. The van der Waals surface area contributed by atoms with Gasteiger partial charge in [0.1, 0.15) is 5.75 Å². The van der Waals surface area contributed by atoms with Gasteiger partial charge in [-0.3, -0.25) is 0 Å². The summed E-state index contributed by atoms with van der Waals surface area (Å²) in [5, 5.41) is 20.6. The molecule has 12 heteroatoms. The van der Waals surface area contributed by atoms with E-state index in [4.69, 9.17) is 16.0 Å². The molecular formula is C17H11ClF2N6O2S. The zero-order valence-corrected chi connectivity index (χ0v) is 16.0. The molecule has 148 valence electrons. The quantitative estimate of drug-likeness (QED) is 0.397. The monoisotopic (exact) mass is 436 g/mol. The Morgan fingerprint density at radius 3 is 2.52 bits per heavy atom. The van der Waals surface area contributed by atoms with Gasteiger partial charge in [-0.2, -0.15) is 13.5 Å². The highest BCUT2D eigenvalue weighted by Gasteiger charge is 2.14. The molecule has 29 heavy (non-hydrogen) atoms. The molecule has 2 aromatic carbocycles. The van der Waals surface area contributed by atoms with Crippen molar-refractivity contribution in [2.24, 2.45) is 0 Å². The lowest BCUT2D eigenvalue weighted by atomic mass is 10.2. The molecule has 0 N–H and O–H groups in total. The van der Waals surface area contributed by atoms with E-state index in [0.29, 0.717) is 33.4 Å². The molecule has 0 radical (unpaired) electrons. The van der Waals surface area contributed by atoms with Crippen LogP contribution >= 0.6 is 23.4 Å². The van der Waals surface area contributed by atoms with Crippen LogP contribution in [0.15, 0.2) is 58.2 Å². The Balaban J connectivity index is 1.44. The van der Waals surface area contributed by atoms with E-state index in [2.05, 4.69) is 30.5 Å². The van der Waals surface area contributed by atoms with E-state index in [0.717, 1.165) is 5.56 Å². The standard InChI is InChI=1S/C17H11ClF2N6O2S/c18-11-3-1-10(2-4-11)15-22-23-17(28-15)29-9-14-21-24-25-26(14)12-5-7-13(8-6-12)27-16(19)20/h1-8,16H,9H2. The molecule has 0 unspecified atom stereocenters. The molecule has 0 saturated heterocycles. The van der Waals surface area contributed by atoms with Gasteiger partial charge in [-0.1, -0.05) is 23.4 Å². The zero-order valence-electron chi connectivity index (χ0n) is 14.4. The van der Waals surface area contributed by atoms with Gasteiger partial charge in [-0.25, -0.2) is 0 Å². The van der Waals surface area contributed by atoms with E-state index in [1.54, 1.807) is 36.4 Å². The molecule has 4 rings (SSSR count). The van der Waals surface area contributed by atoms with Crippen molar-refractivity contribution in [1.82, 2.24) is 30.4 Å². The van der Waals surface area contributed by atoms with Gasteiger partial charge in [-0.15, -0.1) is 15.3 Å². The molecule has 0 aliphatic rings. The molecule has 0 amide bonds.